The molecule has 0 aliphatic rings. The molecule has 0 heterocycles. The number of nitrogens with one attached hydrogen (secondary N) is 2. The Kier molecular flexibility index (Phi) is 14.8. The first kappa shape index (κ1) is 46.7. The zero-order valence-electron chi connectivity index (χ0n) is 38.7. The number of hydrogen-bond acceptors (Lipinski definition) is 4. The van der Waals surface area contributed by atoms with Crippen LogP contribution in [0.1, 0.15) is 85.0 Å². The molecule has 8 aromatic rings. The number of aliphatic hydroxyl groups is 2. The monoisotopic (exact) mass is 886 g/mol. The van der Waals surface area contributed by atoms with E-state index >= 15 is 9.59 Å². The van der Waals surface area contributed by atoms with Gasteiger partial charge in [0, 0.05) is 25.7 Å². The van der Waals surface area contributed by atoms with Crippen LogP contribution in [-0.2, 0) is 35.3 Å². The smallest absolute Gasteiger partial charge is 0.236 e. The maximum atomic E-state index is 16.0. The molecule has 0 aliphatic heterocycles. The van der Waals surface area contributed by atoms with Crippen molar-refractivity contribution in [2.24, 2.45) is 5.41 Å². The van der Waals surface area contributed by atoms with Crippen LogP contribution in [0.15, 0.2) is 206 Å². The van der Waals surface area contributed by atoms with Gasteiger partial charge in [0.1, 0.15) is 5.41 Å². The lowest BCUT2D eigenvalue weighted by Gasteiger charge is -2.42. The van der Waals surface area contributed by atoms with Crippen LogP contribution in [0.5, 0.6) is 0 Å². The summed E-state index contributed by atoms with van der Waals surface area (Å²) in [5.74, 6) is -0.921. The molecule has 8 aromatic carbocycles. The van der Waals surface area contributed by atoms with Crippen molar-refractivity contribution in [2.75, 3.05) is 0 Å². The Balaban J connectivity index is 1.28. The van der Waals surface area contributed by atoms with E-state index in [2.05, 4.69) is 10.6 Å². The van der Waals surface area contributed by atoms with Gasteiger partial charge in [-0.25, -0.2) is 0 Å². The van der Waals surface area contributed by atoms with E-state index in [9.17, 15) is 10.2 Å². The normalized spacial score (nSPS) is 13.0. The van der Waals surface area contributed by atoms with Gasteiger partial charge in [0.05, 0.1) is 23.3 Å². The number of benzene rings is 8. The lowest BCUT2D eigenvalue weighted by Crippen LogP contribution is -2.59. The molecule has 67 heavy (non-hydrogen) atoms. The Morgan fingerprint density at radius 1 is 0.403 bits per heavy atom. The molecule has 2 amide bonds. The molecule has 2 atom stereocenters. The van der Waals surface area contributed by atoms with Gasteiger partial charge in [-0.1, -0.05) is 233 Å². The Morgan fingerprint density at radius 2 is 0.687 bits per heavy atom. The maximum Gasteiger partial charge on any atom is 0.236 e. The number of carbonyl (C=O) groups excluding carboxylic acids is 2. The minimum atomic E-state index is -1.59. The molecule has 6 nitrogen and oxygen atoms in total. The third-order valence-electron chi connectivity index (χ3n) is 13.5. The van der Waals surface area contributed by atoms with Crippen LogP contribution in [0.4, 0.5) is 0 Å². The molecule has 0 aliphatic carbocycles. The number of rotatable bonds is 20. The molecule has 0 fully saturated rings. The summed E-state index contributed by atoms with van der Waals surface area (Å²) in [5.41, 5.74) is 0.493. The van der Waals surface area contributed by atoms with Crippen LogP contribution in [-0.4, -0.2) is 33.2 Å². The van der Waals surface area contributed by atoms with Crippen molar-refractivity contribution in [3.63, 3.8) is 0 Å². The fourth-order valence-corrected chi connectivity index (χ4v) is 10.4. The van der Waals surface area contributed by atoms with Gasteiger partial charge in [-0.05, 0) is 67.8 Å². The fraction of sp³-hybridized carbons (Fsp3) is 0.246. The van der Waals surface area contributed by atoms with E-state index in [1.165, 1.54) is 0 Å². The molecule has 0 radical (unpaired) electrons. The summed E-state index contributed by atoms with van der Waals surface area (Å²) < 4.78 is 0. The SMILES string of the molecule is CCCC(CCC)(C(=O)N[C@@H](c1cccc2ccccc12)C(O)(Cc1ccccc1)Cc1ccccc1)C(=O)N[C@@H](c1cccc2ccccc12)C(O)(Cc1ccccc1)Cc1ccccc1. The lowest BCUT2D eigenvalue weighted by atomic mass is 9.73. The summed E-state index contributed by atoms with van der Waals surface area (Å²) in [7, 11) is 0. The summed E-state index contributed by atoms with van der Waals surface area (Å²) in [5, 5.41) is 37.7. The van der Waals surface area contributed by atoms with Crippen molar-refractivity contribution in [2.45, 2.75) is 88.5 Å². The van der Waals surface area contributed by atoms with Gasteiger partial charge in [0.25, 0.3) is 0 Å². The maximum absolute atomic E-state index is 16.0. The van der Waals surface area contributed by atoms with Crippen molar-refractivity contribution in [3.8, 4) is 0 Å². The van der Waals surface area contributed by atoms with Crippen molar-refractivity contribution in [1.29, 1.82) is 0 Å². The second kappa shape index (κ2) is 21.2. The van der Waals surface area contributed by atoms with Crippen molar-refractivity contribution in [3.05, 3.63) is 240 Å². The van der Waals surface area contributed by atoms with Crippen molar-refractivity contribution < 1.29 is 19.8 Å². The Bertz CT molecular complexity index is 2570. The molecule has 0 unspecified atom stereocenters. The van der Waals surface area contributed by atoms with E-state index in [1.807, 2.05) is 220 Å². The van der Waals surface area contributed by atoms with Crippen LogP contribution in [0.2, 0.25) is 0 Å². The first-order valence-corrected chi connectivity index (χ1v) is 23.8. The molecular weight excluding hydrogens is 825 g/mol. The second-order valence-corrected chi connectivity index (χ2v) is 18.4. The van der Waals surface area contributed by atoms with E-state index in [-0.39, 0.29) is 38.5 Å². The standard InChI is InChI=1S/C61H62N2O4/c1-3-39-59(40-4-2,57(64)62-55(53-37-21-33-49-31-17-19-35-51(49)53)60(66,41-45-23-9-5-10-24-45)42-46-25-11-6-12-26-46)58(65)63-56(54-38-22-34-50-32-18-20-36-52(50)54)61(67,43-47-27-13-7-14-28-47)44-48-29-15-8-16-30-48/h5-38,55-56,66-67H,3-4,39-44H2,1-2H3,(H,62,64)(H,63,65)/t55-,56-/m0/s1. The molecule has 0 aromatic heterocycles. The topological polar surface area (TPSA) is 98.7 Å². The first-order valence-electron chi connectivity index (χ1n) is 23.8. The molecule has 340 valence electrons. The van der Waals surface area contributed by atoms with E-state index in [0.29, 0.717) is 12.8 Å². The zero-order valence-corrected chi connectivity index (χ0v) is 38.7. The molecular formula is C61H62N2O4. The average molecular weight is 887 g/mol. The zero-order chi connectivity index (χ0) is 46.7. The summed E-state index contributed by atoms with van der Waals surface area (Å²) in [6.45, 7) is 4.00. The quantitative estimate of drug-likeness (QED) is 0.0573. The highest BCUT2D eigenvalue weighted by atomic mass is 16.3. The molecule has 6 heteroatoms. The molecule has 0 saturated carbocycles. The van der Waals surface area contributed by atoms with Crippen LogP contribution >= 0.6 is 0 Å². The largest absolute Gasteiger partial charge is 0.387 e. The summed E-state index contributed by atoms with van der Waals surface area (Å²) in [6, 6.07) is 65.7. The molecule has 0 spiro atoms. The Morgan fingerprint density at radius 3 is 1.00 bits per heavy atom. The summed E-state index contributed by atoms with van der Waals surface area (Å²) in [4.78, 5) is 31.9. The number of carbonyl (C=O) groups is 2. The molecule has 8 rings (SSSR count). The van der Waals surface area contributed by atoms with Crippen LogP contribution in [0, 0.1) is 5.41 Å². The van der Waals surface area contributed by atoms with E-state index in [4.69, 9.17) is 0 Å². The summed E-state index contributed by atoms with van der Waals surface area (Å²) in [6.07, 6.45) is 2.48. The van der Waals surface area contributed by atoms with Crippen molar-refractivity contribution in [1.82, 2.24) is 10.6 Å². The van der Waals surface area contributed by atoms with Gasteiger partial charge in [-0.15, -0.1) is 0 Å². The molecule has 0 bridgehead atoms. The summed E-state index contributed by atoms with van der Waals surface area (Å²) >= 11 is 0. The van der Waals surface area contributed by atoms with Gasteiger partial charge < -0.3 is 20.8 Å². The van der Waals surface area contributed by atoms with Gasteiger partial charge >= 0.3 is 0 Å². The molecule has 4 N–H and O–H groups in total. The van der Waals surface area contributed by atoms with E-state index in [1.54, 1.807) is 0 Å². The van der Waals surface area contributed by atoms with Crippen LogP contribution < -0.4 is 10.6 Å². The highest BCUT2D eigenvalue weighted by molar-refractivity contribution is 6.06. The first-order chi connectivity index (χ1) is 32.6. The minimum absolute atomic E-state index is 0.229. The highest BCUT2D eigenvalue weighted by Gasteiger charge is 2.50. The number of amides is 2. The average Bonchev–Trinajstić information content (AvgIpc) is 3.35. The van der Waals surface area contributed by atoms with Crippen LogP contribution in [0.25, 0.3) is 21.5 Å². The van der Waals surface area contributed by atoms with Gasteiger partial charge in [-0.3, -0.25) is 9.59 Å². The van der Waals surface area contributed by atoms with Gasteiger partial charge in [0.2, 0.25) is 11.8 Å². The number of hydrogen-bond donors (Lipinski definition) is 4. The lowest BCUT2D eigenvalue weighted by molar-refractivity contribution is -0.149. The fourth-order valence-electron chi connectivity index (χ4n) is 10.4. The molecule has 0 saturated heterocycles. The van der Waals surface area contributed by atoms with E-state index in [0.717, 1.165) is 54.9 Å². The van der Waals surface area contributed by atoms with E-state index < -0.39 is 40.5 Å². The van der Waals surface area contributed by atoms with Gasteiger partial charge in [-0.2, -0.15) is 0 Å². The predicted molar refractivity (Wildman–Crippen MR) is 272 cm³/mol. The second-order valence-electron chi connectivity index (χ2n) is 18.4. The third kappa shape index (κ3) is 10.6. The predicted octanol–water partition coefficient (Wildman–Crippen LogP) is 12.0. The van der Waals surface area contributed by atoms with Crippen molar-refractivity contribution >= 4 is 33.4 Å². The highest BCUT2D eigenvalue weighted by Crippen LogP contribution is 2.42. The van der Waals surface area contributed by atoms with Crippen LogP contribution in [0.3, 0.4) is 0 Å². The van der Waals surface area contributed by atoms with Gasteiger partial charge in [0.15, 0.2) is 0 Å². The third-order valence-corrected chi connectivity index (χ3v) is 13.5. The Labute approximate surface area is 395 Å². The number of fused-ring (bicyclic) bond motifs is 2. The Hall–Kier alpha value is -6.86. The minimum Gasteiger partial charge on any atom is -0.387 e.